The lowest BCUT2D eigenvalue weighted by Gasteiger charge is -2.15. The van der Waals surface area contributed by atoms with E-state index in [0.29, 0.717) is 5.69 Å². The fourth-order valence-corrected chi connectivity index (χ4v) is 2.12. The summed E-state index contributed by atoms with van der Waals surface area (Å²) in [5.41, 5.74) is 1.27. The number of para-hydroxylation sites is 1. The number of hydrogen-bond donors (Lipinski definition) is 1. The van der Waals surface area contributed by atoms with Crippen LogP contribution in [0.5, 0.6) is 5.75 Å². The van der Waals surface area contributed by atoms with Crippen LogP contribution in [0.1, 0.15) is 36.3 Å². The van der Waals surface area contributed by atoms with Crippen molar-refractivity contribution in [1.29, 1.82) is 0 Å². The van der Waals surface area contributed by atoms with Crippen LogP contribution < -0.4 is 15.6 Å². The Labute approximate surface area is 135 Å². The van der Waals surface area contributed by atoms with E-state index in [9.17, 15) is 9.59 Å². The molecule has 1 N–H and O–H groups in total. The molecule has 6 heteroatoms. The fourth-order valence-electron chi connectivity index (χ4n) is 2.12. The molecule has 23 heavy (non-hydrogen) atoms. The zero-order valence-electron chi connectivity index (χ0n) is 13.8. The van der Waals surface area contributed by atoms with Crippen molar-refractivity contribution >= 4 is 5.91 Å². The number of aryl methyl sites for hydroxylation is 1. The van der Waals surface area contributed by atoms with Crippen LogP contribution in [0, 0.1) is 6.92 Å². The van der Waals surface area contributed by atoms with Crippen molar-refractivity contribution in [3.63, 3.8) is 0 Å². The minimum atomic E-state index is -0.362. The Hall–Kier alpha value is -2.63. The van der Waals surface area contributed by atoms with Gasteiger partial charge in [0.1, 0.15) is 0 Å². The third-order valence-corrected chi connectivity index (χ3v) is 3.67. The zero-order chi connectivity index (χ0) is 17.0. The minimum absolute atomic E-state index is 0.00726. The standard InChI is InChI=1S/C17H21N3O3/c1-5-12(3)18-17(22)16-14(23-4)10-15(21)20(19-16)13-9-7-6-8-11(13)2/h6-10,12H,5H2,1-4H3,(H,18,22)/t12-/m1/s1. The van der Waals surface area contributed by atoms with E-state index in [1.54, 1.807) is 6.07 Å². The van der Waals surface area contributed by atoms with Gasteiger partial charge in [-0.1, -0.05) is 25.1 Å². The van der Waals surface area contributed by atoms with Crippen molar-refractivity contribution in [3.05, 3.63) is 51.9 Å². The summed E-state index contributed by atoms with van der Waals surface area (Å²) in [6.07, 6.45) is 0.797. The van der Waals surface area contributed by atoms with Gasteiger partial charge in [0.2, 0.25) is 0 Å². The molecule has 0 aliphatic heterocycles. The van der Waals surface area contributed by atoms with Gasteiger partial charge in [0.25, 0.3) is 11.5 Å². The number of nitrogens with zero attached hydrogens (tertiary/aromatic N) is 2. The molecule has 0 bridgehead atoms. The molecule has 0 aliphatic rings. The molecule has 1 aromatic heterocycles. The first-order valence-electron chi connectivity index (χ1n) is 7.53. The number of amides is 1. The second-order valence-electron chi connectivity index (χ2n) is 5.38. The van der Waals surface area contributed by atoms with E-state index in [2.05, 4.69) is 10.4 Å². The number of hydrogen-bond acceptors (Lipinski definition) is 4. The highest BCUT2D eigenvalue weighted by atomic mass is 16.5. The number of benzene rings is 1. The second kappa shape index (κ2) is 7.09. The maximum atomic E-state index is 12.4. The Balaban J connectivity index is 2.55. The van der Waals surface area contributed by atoms with Gasteiger partial charge in [0.05, 0.1) is 18.9 Å². The molecular weight excluding hydrogens is 294 g/mol. The normalized spacial score (nSPS) is 11.8. The van der Waals surface area contributed by atoms with Gasteiger partial charge in [-0.05, 0) is 31.9 Å². The molecule has 0 radical (unpaired) electrons. The van der Waals surface area contributed by atoms with Gasteiger partial charge in [-0.15, -0.1) is 0 Å². The summed E-state index contributed by atoms with van der Waals surface area (Å²) in [6, 6.07) is 8.65. The first-order valence-corrected chi connectivity index (χ1v) is 7.53. The van der Waals surface area contributed by atoms with Crippen molar-refractivity contribution in [2.24, 2.45) is 0 Å². The van der Waals surface area contributed by atoms with Crippen LogP contribution in [0.15, 0.2) is 35.1 Å². The Morgan fingerprint density at radius 3 is 2.70 bits per heavy atom. The molecule has 0 aliphatic carbocycles. The number of carbonyl (C=O) groups is 1. The van der Waals surface area contributed by atoms with Crippen molar-refractivity contribution in [2.45, 2.75) is 33.2 Å². The third-order valence-electron chi connectivity index (χ3n) is 3.67. The Kier molecular flexibility index (Phi) is 5.16. The lowest BCUT2D eigenvalue weighted by Crippen LogP contribution is -2.35. The Morgan fingerprint density at radius 1 is 1.39 bits per heavy atom. The molecule has 1 atom stereocenters. The predicted molar refractivity (Wildman–Crippen MR) is 88.3 cm³/mol. The van der Waals surface area contributed by atoms with E-state index in [1.807, 2.05) is 39.0 Å². The monoisotopic (exact) mass is 315 g/mol. The first kappa shape index (κ1) is 16.7. The molecule has 2 aromatic rings. The predicted octanol–water partition coefficient (Wildman–Crippen LogP) is 2.08. The summed E-state index contributed by atoms with van der Waals surface area (Å²) in [5, 5.41) is 7.07. The Bertz CT molecular complexity index is 768. The summed E-state index contributed by atoms with van der Waals surface area (Å²) in [5.74, 6) is -0.195. The van der Waals surface area contributed by atoms with E-state index < -0.39 is 0 Å². The molecule has 0 fully saturated rings. The van der Waals surface area contributed by atoms with Crippen LogP contribution in [0.4, 0.5) is 0 Å². The molecule has 1 aromatic carbocycles. The molecular formula is C17H21N3O3. The van der Waals surface area contributed by atoms with Crippen LogP contribution in [0.25, 0.3) is 5.69 Å². The first-order chi connectivity index (χ1) is 11.0. The van der Waals surface area contributed by atoms with E-state index in [0.717, 1.165) is 12.0 Å². The minimum Gasteiger partial charge on any atom is -0.494 e. The zero-order valence-corrected chi connectivity index (χ0v) is 13.8. The lowest BCUT2D eigenvalue weighted by molar-refractivity contribution is 0.0928. The summed E-state index contributed by atoms with van der Waals surface area (Å²) in [6.45, 7) is 5.76. The summed E-state index contributed by atoms with van der Waals surface area (Å²) in [7, 11) is 1.41. The summed E-state index contributed by atoms with van der Waals surface area (Å²) < 4.78 is 6.37. The van der Waals surface area contributed by atoms with Crippen molar-refractivity contribution in [1.82, 2.24) is 15.1 Å². The van der Waals surface area contributed by atoms with Gasteiger partial charge in [0, 0.05) is 6.04 Å². The lowest BCUT2D eigenvalue weighted by atomic mass is 10.2. The van der Waals surface area contributed by atoms with Gasteiger partial charge >= 0.3 is 0 Å². The molecule has 2 rings (SSSR count). The molecule has 122 valence electrons. The molecule has 0 saturated carbocycles. The van der Waals surface area contributed by atoms with Crippen LogP contribution in [-0.2, 0) is 0 Å². The average molecular weight is 315 g/mol. The molecule has 0 saturated heterocycles. The van der Waals surface area contributed by atoms with Crippen molar-refractivity contribution in [3.8, 4) is 11.4 Å². The van der Waals surface area contributed by atoms with Gasteiger partial charge < -0.3 is 10.1 Å². The number of carbonyl (C=O) groups excluding carboxylic acids is 1. The second-order valence-corrected chi connectivity index (χ2v) is 5.38. The Morgan fingerprint density at radius 2 is 2.09 bits per heavy atom. The van der Waals surface area contributed by atoms with Crippen LogP contribution in [0.2, 0.25) is 0 Å². The van der Waals surface area contributed by atoms with Crippen LogP contribution >= 0.6 is 0 Å². The highest BCUT2D eigenvalue weighted by Gasteiger charge is 2.19. The topological polar surface area (TPSA) is 73.2 Å². The molecule has 0 spiro atoms. The van der Waals surface area contributed by atoms with Gasteiger partial charge in [0.15, 0.2) is 11.4 Å². The van der Waals surface area contributed by atoms with Crippen molar-refractivity contribution in [2.75, 3.05) is 7.11 Å². The largest absolute Gasteiger partial charge is 0.494 e. The number of ether oxygens (including phenoxy) is 1. The van der Waals surface area contributed by atoms with E-state index in [4.69, 9.17) is 4.74 Å². The highest BCUT2D eigenvalue weighted by molar-refractivity contribution is 5.94. The maximum absolute atomic E-state index is 12.4. The fraction of sp³-hybridized carbons (Fsp3) is 0.353. The number of aromatic nitrogens is 2. The maximum Gasteiger partial charge on any atom is 0.275 e. The number of rotatable bonds is 5. The smallest absolute Gasteiger partial charge is 0.275 e. The van der Waals surface area contributed by atoms with Crippen LogP contribution in [0.3, 0.4) is 0 Å². The summed E-state index contributed by atoms with van der Waals surface area (Å²) >= 11 is 0. The SMILES string of the molecule is CC[C@@H](C)NC(=O)c1nn(-c2ccccc2C)c(=O)cc1OC. The third kappa shape index (κ3) is 3.59. The molecule has 1 heterocycles. The number of nitrogens with one attached hydrogen (secondary N) is 1. The molecule has 6 nitrogen and oxygen atoms in total. The molecule has 1 amide bonds. The summed E-state index contributed by atoms with van der Waals surface area (Å²) in [4.78, 5) is 24.7. The van der Waals surface area contributed by atoms with Gasteiger partial charge in [-0.25, -0.2) is 0 Å². The van der Waals surface area contributed by atoms with E-state index in [-0.39, 0.29) is 29.0 Å². The van der Waals surface area contributed by atoms with Gasteiger partial charge in [-0.3, -0.25) is 9.59 Å². The number of methoxy groups -OCH3 is 1. The molecule has 0 unspecified atom stereocenters. The van der Waals surface area contributed by atoms with Gasteiger partial charge in [-0.2, -0.15) is 9.78 Å². The highest BCUT2D eigenvalue weighted by Crippen LogP contribution is 2.16. The van der Waals surface area contributed by atoms with E-state index in [1.165, 1.54) is 17.9 Å². The van der Waals surface area contributed by atoms with Crippen molar-refractivity contribution < 1.29 is 9.53 Å². The average Bonchev–Trinajstić information content (AvgIpc) is 2.55. The van der Waals surface area contributed by atoms with Crippen LogP contribution in [-0.4, -0.2) is 28.8 Å². The van der Waals surface area contributed by atoms with E-state index >= 15 is 0 Å². The quantitative estimate of drug-likeness (QED) is 0.917.